The minimum Gasteiger partial charge on any atom is -0.479 e. The normalized spacial score (nSPS) is 14.9. The van der Waals surface area contributed by atoms with E-state index in [4.69, 9.17) is 0 Å². The molecule has 1 unspecified atom stereocenters. The summed E-state index contributed by atoms with van der Waals surface area (Å²) in [5, 5.41) is 20.3. The summed E-state index contributed by atoms with van der Waals surface area (Å²) < 4.78 is 1.42. The fraction of sp³-hybridized carbons (Fsp3) is 0.778. The molecule has 0 aliphatic carbocycles. The van der Waals surface area contributed by atoms with Crippen molar-refractivity contribution in [1.29, 1.82) is 0 Å². The van der Waals surface area contributed by atoms with Gasteiger partial charge in [0.25, 0.3) is 0 Å². The van der Waals surface area contributed by atoms with Crippen LogP contribution >= 0.6 is 0 Å². The van der Waals surface area contributed by atoms with Crippen LogP contribution in [0.25, 0.3) is 0 Å². The largest absolute Gasteiger partial charge is 0.479 e. The van der Waals surface area contributed by atoms with E-state index in [9.17, 15) is 9.90 Å². The van der Waals surface area contributed by atoms with Crippen LogP contribution in [0.4, 0.5) is 0 Å². The molecule has 15 heavy (non-hydrogen) atoms. The fourth-order valence-electron chi connectivity index (χ4n) is 1.36. The van der Waals surface area contributed by atoms with E-state index in [0.717, 1.165) is 6.42 Å². The molecule has 0 saturated heterocycles. The maximum Gasteiger partial charge on any atom is 0.331 e. The highest BCUT2D eigenvalue weighted by Gasteiger charge is 2.36. The third-order valence-electron chi connectivity index (χ3n) is 2.62. The lowest BCUT2D eigenvalue weighted by atomic mass is 9.99. The monoisotopic (exact) mass is 212 g/mol. The number of tetrazole rings is 1. The maximum atomic E-state index is 11.2. The first-order chi connectivity index (χ1) is 7.06. The second kappa shape index (κ2) is 4.37. The Kier molecular flexibility index (Phi) is 3.39. The van der Waals surface area contributed by atoms with Gasteiger partial charge in [0.2, 0.25) is 0 Å². The van der Waals surface area contributed by atoms with E-state index < -0.39 is 11.5 Å². The Morgan fingerprint density at radius 3 is 2.67 bits per heavy atom. The van der Waals surface area contributed by atoms with E-state index in [1.54, 1.807) is 6.92 Å². The third-order valence-corrected chi connectivity index (χ3v) is 2.62. The fourth-order valence-corrected chi connectivity index (χ4v) is 1.36. The van der Waals surface area contributed by atoms with Gasteiger partial charge < -0.3 is 5.11 Å². The number of hydrogen-bond acceptors (Lipinski definition) is 4. The number of carboxylic acids is 1. The van der Waals surface area contributed by atoms with Crippen molar-refractivity contribution in [1.82, 2.24) is 20.2 Å². The van der Waals surface area contributed by atoms with Crippen molar-refractivity contribution in [3.63, 3.8) is 0 Å². The Balaban J connectivity index is 3.12. The summed E-state index contributed by atoms with van der Waals surface area (Å²) in [6, 6.07) is 0. The molecule has 1 aromatic heterocycles. The molecule has 0 aromatic carbocycles. The summed E-state index contributed by atoms with van der Waals surface area (Å²) in [5.41, 5.74) is -1.05. The highest BCUT2D eigenvalue weighted by Crippen LogP contribution is 2.20. The standard InChI is InChI=1S/C9H16N4O2/c1-4-6-7-10-11-12-13(7)9(3,5-2)8(14)15/h4-6H2,1-3H3,(H,14,15). The molecule has 1 aromatic rings. The van der Waals surface area contributed by atoms with E-state index in [2.05, 4.69) is 15.5 Å². The molecule has 1 heterocycles. The van der Waals surface area contributed by atoms with Gasteiger partial charge in [-0.15, -0.1) is 5.10 Å². The Labute approximate surface area is 88.3 Å². The highest BCUT2D eigenvalue weighted by molar-refractivity contribution is 5.76. The molecule has 0 aliphatic rings. The quantitative estimate of drug-likeness (QED) is 0.782. The number of aromatic nitrogens is 4. The minimum atomic E-state index is -1.05. The molecule has 1 N–H and O–H groups in total. The number of hydrogen-bond donors (Lipinski definition) is 1. The van der Waals surface area contributed by atoms with E-state index in [1.807, 2.05) is 13.8 Å². The van der Waals surface area contributed by atoms with Crippen molar-refractivity contribution in [3.8, 4) is 0 Å². The number of aryl methyl sites for hydroxylation is 1. The Morgan fingerprint density at radius 2 is 2.20 bits per heavy atom. The summed E-state index contributed by atoms with van der Waals surface area (Å²) in [4.78, 5) is 11.2. The molecule has 0 spiro atoms. The van der Waals surface area contributed by atoms with Gasteiger partial charge in [-0.2, -0.15) is 0 Å². The first-order valence-electron chi connectivity index (χ1n) is 5.07. The Morgan fingerprint density at radius 1 is 1.53 bits per heavy atom. The maximum absolute atomic E-state index is 11.2. The SMILES string of the molecule is CCCc1nnnn1C(C)(CC)C(=O)O. The van der Waals surface area contributed by atoms with Crippen molar-refractivity contribution < 1.29 is 9.90 Å². The molecule has 0 fully saturated rings. The summed E-state index contributed by atoms with van der Waals surface area (Å²) in [7, 11) is 0. The van der Waals surface area contributed by atoms with Crippen LogP contribution < -0.4 is 0 Å². The lowest BCUT2D eigenvalue weighted by Crippen LogP contribution is -2.40. The van der Waals surface area contributed by atoms with Gasteiger partial charge in [-0.05, 0) is 30.2 Å². The van der Waals surface area contributed by atoms with Gasteiger partial charge in [-0.3, -0.25) is 0 Å². The van der Waals surface area contributed by atoms with Gasteiger partial charge in [-0.25, -0.2) is 9.48 Å². The lowest BCUT2D eigenvalue weighted by molar-refractivity contribution is -0.147. The van der Waals surface area contributed by atoms with Crippen LogP contribution in [-0.4, -0.2) is 31.3 Å². The summed E-state index contributed by atoms with van der Waals surface area (Å²) >= 11 is 0. The number of rotatable bonds is 5. The topological polar surface area (TPSA) is 80.9 Å². The van der Waals surface area contributed by atoms with Gasteiger partial charge >= 0.3 is 5.97 Å². The number of carbonyl (C=O) groups is 1. The molecule has 1 rings (SSSR count). The van der Waals surface area contributed by atoms with Gasteiger partial charge in [-0.1, -0.05) is 13.8 Å². The molecule has 6 heteroatoms. The van der Waals surface area contributed by atoms with Crippen molar-refractivity contribution in [3.05, 3.63) is 5.82 Å². The van der Waals surface area contributed by atoms with Crippen LogP contribution in [0, 0.1) is 0 Å². The van der Waals surface area contributed by atoms with Crippen molar-refractivity contribution in [2.75, 3.05) is 0 Å². The third kappa shape index (κ3) is 1.98. The van der Waals surface area contributed by atoms with Crippen LogP contribution in [-0.2, 0) is 16.8 Å². The van der Waals surface area contributed by atoms with E-state index in [-0.39, 0.29) is 0 Å². The highest BCUT2D eigenvalue weighted by atomic mass is 16.4. The van der Waals surface area contributed by atoms with Gasteiger partial charge in [0, 0.05) is 6.42 Å². The van der Waals surface area contributed by atoms with Gasteiger partial charge in [0.05, 0.1) is 0 Å². The molecule has 0 radical (unpaired) electrons. The molecule has 1 atom stereocenters. The average molecular weight is 212 g/mol. The molecule has 0 bridgehead atoms. The molecule has 0 saturated carbocycles. The van der Waals surface area contributed by atoms with Crippen LogP contribution in [0.15, 0.2) is 0 Å². The van der Waals surface area contributed by atoms with Crippen LogP contribution in [0.3, 0.4) is 0 Å². The summed E-state index contributed by atoms with van der Waals surface area (Å²) in [6.07, 6.45) is 2.03. The van der Waals surface area contributed by atoms with Crippen LogP contribution in [0.5, 0.6) is 0 Å². The molecule has 0 amide bonds. The predicted molar refractivity (Wildman–Crippen MR) is 53.4 cm³/mol. The van der Waals surface area contributed by atoms with Crippen molar-refractivity contribution in [2.45, 2.75) is 45.6 Å². The molecular weight excluding hydrogens is 196 g/mol. The average Bonchev–Trinajstić information content (AvgIpc) is 2.65. The number of carboxylic acid groups (broad SMARTS) is 1. The summed E-state index contributed by atoms with van der Waals surface area (Å²) in [5.74, 6) is -0.279. The van der Waals surface area contributed by atoms with Crippen LogP contribution in [0.2, 0.25) is 0 Å². The second-order valence-electron chi connectivity index (χ2n) is 3.69. The van der Waals surface area contributed by atoms with E-state index in [0.29, 0.717) is 18.7 Å². The molecular formula is C9H16N4O2. The summed E-state index contributed by atoms with van der Waals surface area (Å²) in [6.45, 7) is 5.44. The van der Waals surface area contributed by atoms with E-state index in [1.165, 1.54) is 4.68 Å². The van der Waals surface area contributed by atoms with E-state index >= 15 is 0 Å². The molecule has 84 valence electrons. The first kappa shape index (κ1) is 11.6. The molecule has 6 nitrogen and oxygen atoms in total. The lowest BCUT2D eigenvalue weighted by Gasteiger charge is -2.23. The predicted octanol–water partition coefficient (Wildman–Crippen LogP) is 0.835. The Bertz CT molecular complexity index is 350. The number of aliphatic carboxylic acids is 1. The van der Waals surface area contributed by atoms with Crippen LogP contribution in [0.1, 0.15) is 39.4 Å². The van der Waals surface area contributed by atoms with Gasteiger partial charge in [0.1, 0.15) is 0 Å². The smallest absolute Gasteiger partial charge is 0.331 e. The Hall–Kier alpha value is -1.46. The first-order valence-corrected chi connectivity index (χ1v) is 5.07. The minimum absolute atomic E-state index is 0.448. The zero-order valence-corrected chi connectivity index (χ0v) is 9.27. The zero-order valence-electron chi connectivity index (χ0n) is 9.27. The van der Waals surface area contributed by atoms with Crippen molar-refractivity contribution >= 4 is 5.97 Å². The van der Waals surface area contributed by atoms with Gasteiger partial charge in [0.15, 0.2) is 11.4 Å². The molecule has 0 aliphatic heterocycles. The van der Waals surface area contributed by atoms with Crippen molar-refractivity contribution in [2.24, 2.45) is 0 Å². The second-order valence-corrected chi connectivity index (χ2v) is 3.69. The number of nitrogens with zero attached hydrogens (tertiary/aromatic N) is 4. The zero-order chi connectivity index (χ0) is 11.5.